The number of hydrogen-bond acceptors (Lipinski definition) is 2. The Morgan fingerprint density at radius 2 is 2.00 bits per heavy atom. The van der Waals surface area contributed by atoms with Gasteiger partial charge in [-0.1, -0.05) is 26.0 Å². The highest BCUT2D eigenvalue weighted by atomic mass is 16.1. The first-order valence-electron chi connectivity index (χ1n) is 6.62. The third-order valence-corrected chi connectivity index (χ3v) is 3.00. The Hall–Kier alpha value is -2.36. The molecule has 104 valence electrons. The van der Waals surface area contributed by atoms with Gasteiger partial charge in [-0.3, -0.25) is 9.48 Å². The number of nitrogens with zero attached hydrogens (tertiary/aromatic N) is 2. The molecule has 0 spiro atoms. The van der Waals surface area contributed by atoms with Crippen molar-refractivity contribution in [2.75, 3.05) is 5.32 Å². The summed E-state index contributed by atoms with van der Waals surface area (Å²) < 4.78 is 1.70. The molecule has 2 rings (SSSR count). The highest BCUT2D eigenvalue weighted by molar-refractivity contribution is 6.01. The smallest absolute Gasteiger partial charge is 0.248 e. The number of amides is 1. The Kier molecular flexibility index (Phi) is 4.35. The first-order chi connectivity index (χ1) is 9.54. The van der Waals surface area contributed by atoms with Gasteiger partial charge < -0.3 is 5.32 Å². The van der Waals surface area contributed by atoms with Crippen LogP contribution in [0.15, 0.2) is 42.7 Å². The SMILES string of the molecule is CC(C)c1ccc(NC(=O)/C=C/c2cnn(C)c2)cc1. The Bertz CT molecular complexity index is 609. The lowest BCUT2D eigenvalue weighted by Gasteiger charge is -2.07. The van der Waals surface area contributed by atoms with E-state index in [0.717, 1.165) is 11.3 Å². The average Bonchev–Trinajstić information content (AvgIpc) is 2.83. The van der Waals surface area contributed by atoms with Crippen LogP contribution in [0.3, 0.4) is 0 Å². The second-order valence-electron chi connectivity index (χ2n) is 5.05. The summed E-state index contributed by atoms with van der Waals surface area (Å²) in [5.41, 5.74) is 2.96. The largest absolute Gasteiger partial charge is 0.323 e. The highest BCUT2D eigenvalue weighted by Gasteiger charge is 2.01. The summed E-state index contributed by atoms with van der Waals surface area (Å²) in [7, 11) is 1.84. The molecule has 1 amide bonds. The fourth-order valence-corrected chi connectivity index (χ4v) is 1.83. The normalized spacial score (nSPS) is 11.2. The second-order valence-corrected chi connectivity index (χ2v) is 5.05. The van der Waals surface area contributed by atoms with Gasteiger partial charge in [0.25, 0.3) is 0 Å². The van der Waals surface area contributed by atoms with Gasteiger partial charge in [-0.2, -0.15) is 5.10 Å². The predicted octanol–water partition coefficient (Wildman–Crippen LogP) is 3.20. The van der Waals surface area contributed by atoms with E-state index in [4.69, 9.17) is 0 Å². The summed E-state index contributed by atoms with van der Waals surface area (Å²) in [6, 6.07) is 7.91. The number of hydrogen-bond donors (Lipinski definition) is 1. The molecule has 0 fully saturated rings. The maximum atomic E-state index is 11.8. The molecule has 0 unspecified atom stereocenters. The third kappa shape index (κ3) is 3.82. The molecule has 0 aliphatic rings. The van der Waals surface area contributed by atoms with Crippen molar-refractivity contribution in [2.45, 2.75) is 19.8 Å². The molecule has 1 heterocycles. The maximum Gasteiger partial charge on any atom is 0.248 e. The van der Waals surface area contributed by atoms with Gasteiger partial charge in [0, 0.05) is 30.6 Å². The van der Waals surface area contributed by atoms with Crippen LogP contribution in [0.1, 0.15) is 30.9 Å². The Labute approximate surface area is 119 Å². The minimum Gasteiger partial charge on any atom is -0.323 e. The number of aryl methyl sites for hydroxylation is 1. The van der Waals surface area contributed by atoms with Crippen LogP contribution in [-0.4, -0.2) is 15.7 Å². The van der Waals surface area contributed by atoms with E-state index in [1.807, 2.05) is 37.5 Å². The number of nitrogens with one attached hydrogen (secondary N) is 1. The average molecular weight is 269 g/mol. The molecule has 0 aliphatic heterocycles. The van der Waals surface area contributed by atoms with Crippen molar-refractivity contribution < 1.29 is 4.79 Å². The molecule has 2 aromatic rings. The van der Waals surface area contributed by atoms with Gasteiger partial charge in [0.05, 0.1) is 6.20 Å². The van der Waals surface area contributed by atoms with E-state index in [1.54, 1.807) is 17.0 Å². The minimum atomic E-state index is -0.147. The highest BCUT2D eigenvalue weighted by Crippen LogP contribution is 2.17. The van der Waals surface area contributed by atoms with Crippen LogP contribution in [-0.2, 0) is 11.8 Å². The van der Waals surface area contributed by atoms with Gasteiger partial charge in [0.15, 0.2) is 0 Å². The quantitative estimate of drug-likeness (QED) is 0.866. The molecular formula is C16H19N3O. The van der Waals surface area contributed by atoms with E-state index < -0.39 is 0 Å². The van der Waals surface area contributed by atoms with Crippen molar-refractivity contribution in [2.24, 2.45) is 7.05 Å². The predicted molar refractivity (Wildman–Crippen MR) is 81.4 cm³/mol. The number of carbonyl (C=O) groups excluding carboxylic acids is 1. The summed E-state index contributed by atoms with van der Waals surface area (Å²) >= 11 is 0. The molecule has 0 atom stereocenters. The summed E-state index contributed by atoms with van der Waals surface area (Å²) in [6.07, 6.45) is 6.81. The first-order valence-corrected chi connectivity index (χ1v) is 6.62. The lowest BCUT2D eigenvalue weighted by atomic mass is 10.0. The zero-order valence-corrected chi connectivity index (χ0v) is 12.0. The number of rotatable bonds is 4. The zero-order chi connectivity index (χ0) is 14.5. The summed E-state index contributed by atoms with van der Waals surface area (Å²) in [5, 5.41) is 6.87. The van der Waals surface area contributed by atoms with Crippen molar-refractivity contribution in [1.29, 1.82) is 0 Å². The third-order valence-electron chi connectivity index (χ3n) is 3.00. The van der Waals surface area contributed by atoms with Gasteiger partial charge in [0.1, 0.15) is 0 Å². The fraction of sp³-hybridized carbons (Fsp3) is 0.250. The molecule has 0 bridgehead atoms. The molecule has 4 heteroatoms. The van der Waals surface area contributed by atoms with E-state index in [9.17, 15) is 4.79 Å². The van der Waals surface area contributed by atoms with Gasteiger partial charge in [-0.25, -0.2) is 0 Å². The van der Waals surface area contributed by atoms with Crippen molar-refractivity contribution in [3.8, 4) is 0 Å². The Morgan fingerprint density at radius 3 is 2.55 bits per heavy atom. The summed E-state index contributed by atoms with van der Waals surface area (Å²) in [4.78, 5) is 11.8. The molecule has 1 N–H and O–H groups in total. The van der Waals surface area contributed by atoms with Crippen LogP contribution in [0.25, 0.3) is 6.08 Å². The molecule has 0 radical (unpaired) electrons. The Balaban J connectivity index is 1.95. The lowest BCUT2D eigenvalue weighted by molar-refractivity contribution is -0.111. The van der Waals surface area contributed by atoms with Crippen molar-refractivity contribution >= 4 is 17.7 Å². The maximum absolute atomic E-state index is 11.8. The van der Waals surface area contributed by atoms with Crippen LogP contribution in [0.4, 0.5) is 5.69 Å². The summed E-state index contributed by atoms with van der Waals surface area (Å²) in [6.45, 7) is 4.29. The number of carbonyl (C=O) groups is 1. The zero-order valence-electron chi connectivity index (χ0n) is 12.0. The Morgan fingerprint density at radius 1 is 1.30 bits per heavy atom. The first kappa shape index (κ1) is 14.1. The van der Waals surface area contributed by atoms with Crippen molar-refractivity contribution in [1.82, 2.24) is 9.78 Å². The van der Waals surface area contributed by atoms with E-state index in [0.29, 0.717) is 5.92 Å². The van der Waals surface area contributed by atoms with Gasteiger partial charge in [-0.05, 0) is 29.7 Å². The molecule has 1 aromatic heterocycles. The molecule has 1 aromatic carbocycles. The number of aromatic nitrogens is 2. The molecule has 0 saturated heterocycles. The minimum absolute atomic E-state index is 0.147. The monoisotopic (exact) mass is 269 g/mol. The molecule has 0 saturated carbocycles. The van der Waals surface area contributed by atoms with Crippen LogP contribution >= 0.6 is 0 Å². The van der Waals surface area contributed by atoms with E-state index in [-0.39, 0.29) is 5.91 Å². The van der Waals surface area contributed by atoms with E-state index in [1.165, 1.54) is 11.6 Å². The summed E-state index contributed by atoms with van der Waals surface area (Å²) in [5.74, 6) is 0.344. The topological polar surface area (TPSA) is 46.9 Å². The van der Waals surface area contributed by atoms with Crippen LogP contribution in [0.5, 0.6) is 0 Å². The number of benzene rings is 1. The molecule has 4 nitrogen and oxygen atoms in total. The van der Waals surface area contributed by atoms with E-state index >= 15 is 0 Å². The second kappa shape index (κ2) is 6.19. The van der Waals surface area contributed by atoms with Crippen molar-refractivity contribution in [3.05, 3.63) is 53.9 Å². The van der Waals surface area contributed by atoms with Gasteiger partial charge in [0.2, 0.25) is 5.91 Å². The molecule has 20 heavy (non-hydrogen) atoms. The fourth-order valence-electron chi connectivity index (χ4n) is 1.83. The standard InChI is InChI=1S/C16H19N3O/c1-12(2)14-5-7-15(8-6-14)18-16(20)9-4-13-10-17-19(3)11-13/h4-12H,1-3H3,(H,18,20)/b9-4+. The number of anilines is 1. The van der Waals surface area contributed by atoms with E-state index in [2.05, 4.69) is 24.3 Å². The molecule has 0 aliphatic carbocycles. The van der Waals surface area contributed by atoms with Gasteiger partial charge in [-0.15, -0.1) is 0 Å². The molecular weight excluding hydrogens is 250 g/mol. The van der Waals surface area contributed by atoms with Crippen molar-refractivity contribution in [3.63, 3.8) is 0 Å². The van der Waals surface area contributed by atoms with Crippen LogP contribution < -0.4 is 5.32 Å². The van der Waals surface area contributed by atoms with Crippen LogP contribution in [0, 0.1) is 0 Å². The lowest BCUT2D eigenvalue weighted by Crippen LogP contribution is -2.07. The van der Waals surface area contributed by atoms with Crippen LogP contribution in [0.2, 0.25) is 0 Å². The van der Waals surface area contributed by atoms with Gasteiger partial charge >= 0.3 is 0 Å².